The van der Waals surface area contributed by atoms with Crippen molar-refractivity contribution >= 4 is 46.2 Å². The molecule has 0 radical (unpaired) electrons. The van der Waals surface area contributed by atoms with Crippen molar-refractivity contribution in [2.45, 2.75) is 17.0 Å². The van der Waals surface area contributed by atoms with E-state index in [1.807, 2.05) is 46.1 Å². The average Bonchev–Trinajstić information content (AvgIpc) is 3.85. The van der Waals surface area contributed by atoms with Crippen LogP contribution in [0.15, 0.2) is 109 Å². The molecule has 14 heteroatoms. The van der Waals surface area contributed by atoms with Crippen LogP contribution in [0.2, 0.25) is 0 Å². The highest BCUT2D eigenvalue weighted by atomic mass is 32.1. The van der Waals surface area contributed by atoms with Crippen molar-refractivity contribution in [1.29, 1.82) is 0 Å². The normalized spacial score (nSPS) is 22.9. The lowest BCUT2D eigenvalue weighted by molar-refractivity contribution is 0.266. The van der Waals surface area contributed by atoms with Gasteiger partial charge >= 0.3 is 6.01 Å². The molecule has 0 saturated carbocycles. The van der Waals surface area contributed by atoms with Crippen LogP contribution in [0.5, 0.6) is 0 Å². The molecule has 8 heterocycles. The lowest BCUT2D eigenvalue weighted by Gasteiger charge is -2.45. The van der Waals surface area contributed by atoms with E-state index in [1.165, 1.54) is 22.9 Å². The number of rotatable bonds is 7. The fraction of sp³-hybridized carbons (Fsp3) is 0.115. The van der Waals surface area contributed by atoms with E-state index in [2.05, 4.69) is 31.6 Å². The van der Waals surface area contributed by atoms with E-state index in [1.54, 1.807) is 54.9 Å². The van der Waals surface area contributed by atoms with Crippen molar-refractivity contribution in [3.8, 4) is 0 Å². The van der Waals surface area contributed by atoms with Crippen LogP contribution in [-0.2, 0) is 11.0 Å². The number of H-pyrrole nitrogens is 1. The number of hydrazine groups is 1. The smallest absolute Gasteiger partial charge is 0.317 e. The quantitative estimate of drug-likeness (QED) is 0.242. The summed E-state index contributed by atoms with van der Waals surface area (Å²) >= 11 is 4.51. The minimum atomic E-state index is -1.12. The van der Waals surface area contributed by atoms with E-state index in [4.69, 9.17) is 27.7 Å². The van der Waals surface area contributed by atoms with Gasteiger partial charge in [0.05, 0.1) is 18.2 Å². The van der Waals surface area contributed by atoms with Gasteiger partial charge in [0.25, 0.3) is 0 Å². The summed E-state index contributed by atoms with van der Waals surface area (Å²) in [7, 11) is 0. The third-order valence-corrected chi connectivity index (χ3v) is 9.61. The zero-order chi connectivity index (χ0) is 26.6. The van der Waals surface area contributed by atoms with E-state index in [-0.39, 0.29) is 0 Å². The summed E-state index contributed by atoms with van der Waals surface area (Å²) in [5.74, 6) is 1.19. The predicted octanol–water partition coefficient (Wildman–Crippen LogP) is 5.87. The molecule has 1 N–H and O–H groups in total. The van der Waals surface area contributed by atoms with E-state index < -0.39 is 17.0 Å². The zero-order valence-corrected chi connectivity index (χ0v) is 22.8. The maximum atomic E-state index is 6.41. The summed E-state index contributed by atoms with van der Waals surface area (Å²) in [5.41, 5.74) is -0.838. The maximum Gasteiger partial charge on any atom is 0.317 e. The Morgan fingerprint density at radius 1 is 0.875 bits per heavy atom. The number of hydrogen-bond donors (Lipinski definition) is 1. The predicted molar refractivity (Wildman–Crippen MR) is 148 cm³/mol. The number of aromatic nitrogens is 6. The maximum absolute atomic E-state index is 6.41. The Hall–Kier alpha value is -4.53. The second-order valence-corrected chi connectivity index (χ2v) is 11.4. The molecule has 1 aliphatic heterocycles. The number of anilines is 2. The number of imidazole rings is 1. The first-order valence-electron chi connectivity index (χ1n) is 12.1. The first kappa shape index (κ1) is 23.4. The van der Waals surface area contributed by atoms with Gasteiger partial charge in [-0.15, -0.1) is 22.7 Å². The molecule has 40 heavy (non-hydrogen) atoms. The second-order valence-electron chi connectivity index (χ2n) is 8.91. The van der Waals surface area contributed by atoms with Crippen molar-refractivity contribution < 1.29 is 13.4 Å². The SMILES string of the molecule is c1coc(C2(c3nccs3)C(c3ccon3)N(c3ncco3)N(c3ncc[nH]3)C2(c2ccsn2)c2cccs2)c1. The summed E-state index contributed by atoms with van der Waals surface area (Å²) in [6.45, 7) is 0. The summed E-state index contributed by atoms with van der Waals surface area (Å²) in [5, 5.41) is 15.3. The van der Waals surface area contributed by atoms with Gasteiger partial charge in [-0.25, -0.2) is 25.0 Å². The fourth-order valence-corrected chi connectivity index (χ4v) is 8.38. The highest BCUT2D eigenvalue weighted by Gasteiger charge is 2.77. The van der Waals surface area contributed by atoms with E-state index >= 15 is 0 Å². The monoisotopic (exact) mass is 586 g/mol. The molecule has 0 amide bonds. The molecule has 198 valence electrons. The second kappa shape index (κ2) is 9.01. The Morgan fingerprint density at radius 3 is 2.52 bits per heavy atom. The van der Waals surface area contributed by atoms with Gasteiger partial charge in [-0.3, -0.25) is 0 Å². The number of hydrogen-bond acceptors (Lipinski definition) is 13. The van der Waals surface area contributed by atoms with Crippen LogP contribution in [-0.4, -0.2) is 29.5 Å². The van der Waals surface area contributed by atoms with Crippen LogP contribution in [0, 0.1) is 0 Å². The number of thiazole rings is 1. The Labute approximate surface area is 238 Å². The topological polar surface area (TPSA) is 126 Å². The van der Waals surface area contributed by atoms with Crippen molar-refractivity contribution in [2.75, 3.05) is 10.0 Å². The first-order valence-corrected chi connectivity index (χ1v) is 14.7. The Morgan fingerprint density at radius 2 is 1.88 bits per heavy atom. The standard InChI is InChI=1S/C26H18N8O3S3/c1-3-19(35-11-1)25(22-27-10-16-39-22)21(17-5-12-37-31-17)33(24-30-9-13-36-24)34(23-28-7-8-29-23)26(25,18-6-15-40-32-18)20-4-2-14-38-20/h1-16,21H,(H,28,29). The van der Waals surface area contributed by atoms with Gasteiger partial charge in [0.1, 0.15) is 40.4 Å². The summed E-state index contributed by atoms with van der Waals surface area (Å²) < 4.78 is 22.9. The largest absolute Gasteiger partial charge is 0.468 e. The first-order chi connectivity index (χ1) is 19.9. The van der Waals surface area contributed by atoms with E-state index in [9.17, 15) is 0 Å². The molecular formula is C26H18N8O3S3. The van der Waals surface area contributed by atoms with Gasteiger partial charge in [0.2, 0.25) is 5.95 Å². The van der Waals surface area contributed by atoms with Gasteiger partial charge in [-0.2, -0.15) is 4.37 Å². The molecule has 11 nitrogen and oxygen atoms in total. The third-order valence-electron chi connectivity index (χ3n) is 7.16. The minimum Gasteiger partial charge on any atom is -0.468 e. The molecule has 0 aromatic carbocycles. The molecule has 3 unspecified atom stereocenters. The average molecular weight is 587 g/mol. The molecule has 7 aromatic rings. The molecular weight excluding hydrogens is 569 g/mol. The lowest BCUT2D eigenvalue weighted by atomic mass is 9.61. The molecule has 0 spiro atoms. The van der Waals surface area contributed by atoms with Crippen LogP contribution >= 0.6 is 34.2 Å². The zero-order valence-electron chi connectivity index (χ0n) is 20.4. The number of nitrogens with one attached hydrogen (secondary N) is 1. The van der Waals surface area contributed by atoms with Crippen LogP contribution in [0.3, 0.4) is 0 Å². The van der Waals surface area contributed by atoms with E-state index in [0.717, 1.165) is 15.6 Å². The van der Waals surface area contributed by atoms with Gasteiger partial charge < -0.3 is 18.3 Å². The number of furan rings is 1. The minimum absolute atomic E-state index is 0.325. The molecule has 1 saturated heterocycles. The van der Waals surface area contributed by atoms with Gasteiger partial charge in [-0.1, -0.05) is 11.2 Å². The van der Waals surface area contributed by atoms with Crippen molar-refractivity contribution in [2.24, 2.45) is 0 Å². The van der Waals surface area contributed by atoms with E-state index in [0.29, 0.717) is 23.4 Å². The van der Waals surface area contributed by atoms with Gasteiger partial charge in [-0.05, 0) is 41.2 Å². The van der Waals surface area contributed by atoms with Crippen molar-refractivity contribution in [1.82, 2.24) is 29.5 Å². The third kappa shape index (κ3) is 2.94. The molecule has 3 atom stereocenters. The molecule has 0 bridgehead atoms. The molecule has 7 aromatic heterocycles. The fourth-order valence-electron chi connectivity index (χ4n) is 5.92. The van der Waals surface area contributed by atoms with Gasteiger partial charge in [0, 0.05) is 40.3 Å². The Balaban J connectivity index is 1.64. The van der Waals surface area contributed by atoms with Crippen LogP contribution in [0.25, 0.3) is 0 Å². The lowest BCUT2D eigenvalue weighted by Crippen LogP contribution is -2.57. The highest BCUT2D eigenvalue weighted by molar-refractivity contribution is 7.10. The van der Waals surface area contributed by atoms with Crippen molar-refractivity contribution in [3.63, 3.8) is 0 Å². The Kier molecular flexibility index (Phi) is 5.26. The van der Waals surface area contributed by atoms with Crippen LogP contribution in [0.1, 0.15) is 33.1 Å². The molecule has 1 aliphatic rings. The number of oxazole rings is 1. The summed E-state index contributed by atoms with van der Waals surface area (Å²) in [4.78, 5) is 18.7. The van der Waals surface area contributed by atoms with Crippen LogP contribution in [0.4, 0.5) is 12.0 Å². The number of aromatic amines is 1. The number of nitrogens with zero attached hydrogens (tertiary/aromatic N) is 7. The molecule has 8 rings (SSSR count). The molecule has 1 fully saturated rings. The molecule has 0 aliphatic carbocycles. The number of thiophene rings is 1. The summed E-state index contributed by atoms with van der Waals surface area (Å²) in [6, 6.07) is 11.6. The van der Waals surface area contributed by atoms with Gasteiger partial charge in [0.15, 0.2) is 5.54 Å². The van der Waals surface area contributed by atoms with Crippen molar-refractivity contribution in [3.05, 3.63) is 123 Å². The van der Waals surface area contributed by atoms with Crippen LogP contribution < -0.4 is 10.0 Å². The summed E-state index contributed by atoms with van der Waals surface area (Å²) in [6.07, 6.45) is 11.7. The Bertz CT molecular complexity index is 1580. The highest BCUT2D eigenvalue weighted by Crippen LogP contribution is 2.68.